The zero-order chi connectivity index (χ0) is 15.7. The molecule has 1 saturated carbocycles. The molecule has 1 aromatic carbocycles. The predicted molar refractivity (Wildman–Crippen MR) is 78.6 cm³/mol. The first-order chi connectivity index (χ1) is 9.72. The molecule has 2 rings (SSSR count). The van der Waals surface area contributed by atoms with Gasteiger partial charge < -0.3 is 10.8 Å². The third kappa shape index (κ3) is 3.93. The van der Waals surface area contributed by atoms with Crippen LogP contribution >= 0.6 is 0 Å². The lowest BCUT2D eigenvalue weighted by Gasteiger charge is -2.34. The van der Waals surface area contributed by atoms with Gasteiger partial charge in [0.2, 0.25) is 10.0 Å². The summed E-state index contributed by atoms with van der Waals surface area (Å²) >= 11 is 0. The van der Waals surface area contributed by atoms with E-state index in [4.69, 9.17) is 5.73 Å². The molecular formula is C14H21FN2O3S. The second kappa shape index (κ2) is 5.90. The topological polar surface area (TPSA) is 92.4 Å². The fourth-order valence-corrected chi connectivity index (χ4v) is 3.60. The van der Waals surface area contributed by atoms with Crippen LogP contribution < -0.4 is 10.5 Å². The fraction of sp³-hybridized carbons (Fsp3) is 0.571. The zero-order valence-corrected chi connectivity index (χ0v) is 12.8. The summed E-state index contributed by atoms with van der Waals surface area (Å²) in [6.45, 7) is 2.05. The Labute approximate surface area is 124 Å². The quantitative estimate of drug-likeness (QED) is 0.736. The lowest BCUT2D eigenvalue weighted by molar-refractivity contribution is -0.00182. The molecule has 1 aromatic rings. The van der Waals surface area contributed by atoms with E-state index in [0.29, 0.717) is 18.8 Å². The van der Waals surface area contributed by atoms with E-state index < -0.39 is 21.4 Å². The minimum absolute atomic E-state index is 0.0615. The van der Waals surface area contributed by atoms with Gasteiger partial charge in [0, 0.05) is 6.54 Å². The van der Waals surface area contributed by atoms with Gasteiger partial charge >= 0.3 is 0 Å². The van der Waals surface area contributed by atoms with Crippen LogP contribution in [0.1, 0.15) is 32.6 Å². The Hall–Kier alpha value is -1.18. The van der Waals surface area contributed by atoms with Crippen molar-refractivity contribution >= 4 is 15.7 Å². The standard InChI is InChI=1S/C14H21FN2O3S/c1-10-4-6-14(18,7-5-10)9-17-21(19,20)11-2-3-13(16)12(15)8-11/h2-3,8,10,17-18H,4-7,9,16H2,1H3. The van der Waals surface area contributed by atoms with Gasteiger partial charge in [-0.2, -0.15) is 0 Å². The van der Waals surface area contributed by atoms with Gasteiger partial charge in [-0.25, -0.2) is 17.5 Å². The van der Waals surface area contributed by atoms with Gasteiger partial charge in [-0.3, -0.25) is 0 Å². The van der Waals surface area contributed by atoms with Crippen molar-refractivity contribution in [3.8, 4) is 0 Å². The Morgan fingerprint density at radius 2 is 2.05 bits per heavy atom. The molecule has 0 amide bonds. The van der Waals surface area contributed by atoms with Crippen LogP contribution in [0.4, 0.5) is 10.1 Å². The maximum atomic E-state index is 13.4. The Bertz CT molecular complexity index is 611. The molecule has 0 aromatic heterocycles. The van der Waals surface area contributed by atoms with Crippen LogP contribution in [0, 0.1) is 11.7 Å². The molecule has 0 heterocycles. The van der Waals surface area contributed by atoms with Crippen molar-refractivity contribution in [1.82, 2.24) is 4.72 Å². The second-order valence-electron chi connectivity index (χ2n) is 5.91. The van der Waals surface area contributed by atoms with Gasteiger partial charge in [-0.15, -0.1) is 0 Å². The smallest absolute Gasteiger partial charge is 0.240 e. The summed E-state index contributed by atoms with van der Waals surface area (Å²) in [5, 5.41) is 10.4. The van der Waals surface area contributed by atoms with Crippen LogP contribution in [-0.2, 0) is 10.0 Å². The third-order valence-electron chi connectivity index (χ3n) is 4.08. The molecule has 7 heteroatoms. The average molecular weight is 316 g/mol. The molecule has 118 valence electrons. The highest BCUT2D eigenvalue weighted by Gasteiger charge is 2.33. The molecule has 5 nitrogen and oxygen atoms in total. The monoisotopic (exact) mass is 316 g/mol. The summed E-state index contributed by atoms with van der Waals surface area (Å²) < 4.78 is 39.9. The van der Waals surface area contributed by atoms with Crippen molar-refractivity contribution in [3.63, 3.8) is 0 Å². The Morgan fingerprint density at radius 3 is 2.62 bits per heavy atom. The van der Waals surface area contributed by atoms with Gasteiger partial charge in [0.05, 0.1) is 16.2 Å². The lowest BCUT2D eigenvalue weighted by atomic mass is 9.80. The number of aliphatic hydroxyl groups is 1. The first-order valence-corrected chi connectivity index (χ1v) is 8.47. The predicted octanol–water partition coefficient (Wildman–Crippen LogP) is 1.63. The van der Waals surface area contributed by atoms with E-state index in [1.165, 1.54) is 12.1 Å². The fourth-order valence-electron chi connectivity index (χ4n) is 2.46. The number of nitrogens with one attached hydrogen (secondary N) is 1. The Balaban J connectivity index is 2.06. The van der Waals surface area contributed by atoms with E-state index in [-0.39, 0.29) is 17.1 Å². The summed E-state index contributed by atoms with van der Waals surface area (Å²) in [6.07, 6.45) is 2.86. The minimum Gasteiger partial charge on any atom is -0.396 e. The van der Waals surface area contributed by atoms with Crippen LogP contribution in [0.2, 0.25) is 0 Å². The average Bonchev–Trinajstić information content (AvgIpc) is 2.43. The molecule has 0 aliphatic heterocycles. The van der Waals surface area contributed by atoms with Crippen molar-refractivity contribution in [3.05, 3.63) is 24.0 Å². The number of hydrogen-bond acceptors (Lipinski definition) is 4. The maximum absolute atomic E-state index is 13.4. The van der Waals surface area contributed by atoms with Crippen LogP contribution in [0.15, 0.2) is 23.1 Å². The number of hydrogen-bond donors (Lipinski definition) is 3. The molecule has 1 aliphatic rings. The first kappa shape index (κ1) is 16.2. The van der Waals surface area contributed by atoms with Gasteiger partial charge in [0.1, 0.15) is 5.82 Å². The van der Waals surface area contributed by atoms with Gasteiger partial charge in [-0.05, 0) is 49.8 Å². The minimum atomic E-state index is -3.86. The van der Waals surface area contributed by atoms with Crippen LogP contribution in [-0.4, -0.2) is 25.7 Å². The highest BCUT2D eigenvalue weighted by molar-refractivity contribution is 7.89. The lowest BCUT2D eigenvalue weighted by Crippen LogP contribution is -2.45. The molecule has 21 heavy (non-hydrogen) atoms. The van der Waals surface area contributed by atoms with E-state index >= 15 is 0 Å². The van der Waals surface area contributed by atoms with Crippen molar-refractivity contribution < 1.29 is 17.9 Å². The number of nitrogen functional groups attached to an aromatic ring is 1. The second-order valence-corrected chi connectivity index (χ2v) is 7.68. The highest BCUT2D eigenvalue weighted by atomic mass is 32.2. The van der Waals surface area contributed by atoms with E-state index in [1.807, 2.05) is 0 Å². The van der Waals surface area contributed by atoms with Crippen molar-refractivity contribution in [2.45, 2.75) is 43.1 Å². The molecule has 0 bridgehead atoms. The summed E-state index contributed by atoms with van der Waals surface area (Å²) in [4.78, 5) is -0.193. The molecule has 0 radical (unpaired) electrons. The molecule has 4 N–H and O–H groups in total. The largest absolute Gasteiger partial charge is 0.396 e. The number of rotatable bonds is 4. The molecule has 1 aliphatic carbocycles. The number of halogens is 1. The van der Waals surface area contributed by atoms with Gasteiger partial charge in [0.25, 0.3) is 0 Å². The molecule has 1 fully saturated rings. The molecular weight excluding hydrogens is 295 g/mol. The zero-order valence-electron chi connectivity index (χ0n) is 12.0. The number of nitrogens with two attached hydrogens (primary N) is 1. The van der Waals surface area contributed by atoms with Crippen molar-refractivity contribution in [2.75, 3.05) is 12.3 Å². The molecule has 0 saturated heterocycles. The summed E-state index contributed by atoms with van der Waals surface area (Å²) in [5.41, 5.74) is 4.20. The van der Waals surface area contributed by atoms with Crippen molar-refractivity contribution in [1.29, 1.82) is 0 Å². The van der Waals surface area contributed by atoms with Crippen molar-refractivity contribution in [2.24, 2.45) is 5.92 Å². The van der Waals surface area contributed by atoms with Crippen LogP contribution in [0.25, 0.3) is 0 Å². The van der Waals surface area contributed by atoms with Crippen LogP contribution in [0.5, 0.6) is 0 Å². The molecule has 0 unspecified atom stereocenters. The normalized spacial score (nSPS) is 26.7. The highest BCUT2D eigenvalue weighted by Crippen LogP contribution is 2.31. The molecule has 0 spiro atoms. The van der Waals surface area contributed by atoms with E-state index in [2.05, 4.69) is 11.6 Å². The Morgan fingerprint density at radius 1 is 1.43 bits per heavy atom. The van der Waals surface area contributed by atoms with Crippen LogP contribution in [0.3, 0.4) is 0 Å². The summed E-state index contributed by atoms with van der Waals surface area (Å²) in [7, 11) is -3.86. The van der Waals surface area contributed by atoms with Gasteiger partial charge in [-0.1, -0.05) is 6.92 Å². The van der Waals surface area contributed by atoms with E-state index in [0.717, 1.165) is 18.9 Å². The Kier molecular flexibility index (Phi) is 4.55. The molecule has 0 atom stereocenters. The number of sulfonamides is 1. The van der Waals surface area contributed by atoms with E-state index in [1.54, 1.807) is 0 Å². The first-order valence-electron chi connectivity index (χ1n) is 6.99. The summed E-state index contributed by atoms with van der Waals surface area (Å²) in [6, 6.07) is 3.33. The third-order valence-corrected chi connectivity index (χ3v) is 5.48. The number of benzene rings is 1. The number of anilines is 1. The van der Waals surface area contributed by atoms with Gasteiger partial charge in [0.15, 0.2) is 0 Å². The SMILES string of the molecule is CC1CCC(O)(CNS(=O)(=O)c2ccc(N)c(F)c2)CC1. The maximum Gasteiger partial charge on any atom is 0.240 e. The summed E-state index contributed by atoms with van der Waals surface area (Å²) in [5.74, 6) is -0.226. The van der Waals surface area contributed by atoms with E-state index in [9.17, 15) is 17.9 Å².